The van der Waals surface area contributed by atoms with Crippen molar-refractivity contribution in [3.05, 3.63) is 89.5 Å². The van der Waals surface area contributed by atoms with Crippen molar-refractivity contribution in [2.75, 3.05) is 26.3 Å². The van der Waals surface area contributed by atoms with Crippen molar-refractivity contribution >= 4 is 23.6 Å². The van der Waals surface area contributed by atoms with Crippen LogP contribution in [0.2, 0.25) is 0 Å². The highest BCUT2D eigenvalue weighted by molar-refractivity contribution is 6.00. The summed E-state index contributed by atoms with van der Waals surface area (Å²) < 4.78 is 16.0. The molecule has 7 heteroatoms. The van der Waals surface area contributed by atoms with E-state index in [2.05, 4.69) is 19.2 Å². The van der Waals surface area contributed by atoms with Crippen LogP contribution in [0.5, 0.6) is 17.2 Å². The highest BCUT2D eigenvalue weighted by Gasteiger charge is 2.28. The van der Waals surface area contributed by atoms with Crippen LogP contribution < -0.4 is 19.5 Å². The second kappa shape index (κ2) is 11.0. The molecule has 0 aliphatic carbocycles. The van der Waals surface area contributed by atoms with E-state index in [1.165, 1.54) is 16.5 Å². The van der Waals surface area contributed by atoms with Gasteiger partial charge >= 0.3 is 0 Å². The first-order chi connectivity index (χ1) is 17.4. The molecule has 1 aliphatic rings. The van der Waals surface area contributed by atoms with Gasteiger partial charge in [-0.2, -0.15) is 0 Å². The number of hydrogen-bond acceptors (Lipinski definition) is 5. The van der Waals surface area contributed by atoms with Crippen LogP contribution in [0, 0.1) is 0 Å². The molecule has 1 atom stereocenters. The van der Waals surface area contributed by atoms with Crippen molar-refractivity contribution in [1.82, 2.24) is 4.90 Å². The molecule has 1 aliphatic heterocycles. The standard InChI is InChI=1S/C29H30N2O5/c1-19(2)21-7-11-23(12-8-21)30-29(33)28(22-9-13-24(34-4)14-10-22)31(3)27(32)16-6-20-5-15-25-26(17-20)36-18-35-25/h5-17,19,28H,18H2,1-4H3,(H,30,33)/b16-6+/t28-/m1/s1. The van der Waals surface area contributed by atoms with Crippen molar-refractivity contribution in [3.8, 4) is 17.2 Å². The lowest BCUT2D eigenvalue weighted by Gasteiger charge is -2.27. The van der Waals surface area contributed by atoms with Gasteiger partial charge in [-0.15, -0.1) is 0 Å². The van der Waals surface area contributed by atoms with Crippen molar-refractivity contribution in [2.45, 2.75) is 25.8 Å². The molecule has 3 aromatic rings. The lowest BCUT2D eigenvalue weighted by atomic mass is 10.0. The Bertz CT molecular complexity index is 1250. The van der Waals surface area contributed by atoms with Crippen LogP contribution in [0.25, 0.3) is 6.08 Å². The monoisotopic (exact) mass is 486 g/mol. The molecule has 0 unspecified atom stereocenters. The van der Waals surface area contributed by atoms with E-state index in [1.54, 1.807) is 56.6 Å². The second-order valence-electron chi connectivity index (χ2n) is 8.84. The second-order valence-corrected chi connectivity index (χ2v) is 8.84. The molecule has 0 aromatic heterocycles. The van der Waals surface area contributed by atoms with E-state index in [-0.39, 0.29) is 18.6 Å². The topological polar surface area (TPSA) is 77.1 Å². The van der Waals surface area contributed by atoms with Gasteiger partial charge in [-0.3, -0.25) is 9.59 Å². The highest BCUT2D eigenvalue weighted by atomic mass is 16.7. The Morgan fingerprint density at radius 3 is 2.28 bits per heavy atom. The number of nitrogens with zero attached hydrogens (tertiary/aromatic N) is 1. The van der Waals surface area contributed by atoms with Gasteiger partial charge in [0, 0.05) is 18.8 Å². The fraction of sp³-hybridized carbons (Fsp3) is 0.241. The third kappa shape index (κ3) is 5.68. The first-order valence-corrected chi connectivity index (χ1v) is 11.7. The third-order valence-corrected chi connectivity index (χ3v) is 6.07. The summed E-state index contributed by atoms with van der Waals surface area (Å²) in [5.74, 6) is 1.73. The van der Waals surface area contributed by atoms with Crippen LogP contribution in [-0.2, 0) is 9.59 Å². The first-order valence-electron chi connectivity index (χ1n) is 11.7. The zero-order chi connectivity index (χ0) is 25.7. The molecular formula is C29H30N2O5. The summed E-state index contributed by atoms with van der Waals surface area (Å²) in [5, 5.41) is 2.95. The van der Waals surface area contributed by atoms with Gasteiger partial charge in [0.1, 0.15) is 11.8 Å². The normalized spacial score (nSPS) is 13.0. The number of methoxy groups -OCH3 is 1. The number of ether oxygens (including phenoxy) is 3. The Kier molecular flexibility index (Phi) is 7.59. The largest absolute Gasteiger partial charge is 0.497 e. The molecule has 0 saturated carbocycles. The molecule has 3 aromatic carbocycles. The van der Waals surface area contributed by atoms with E-state index in [1.807, 2.05) is 30.3 Å². The number of rotatable bonds is 8. The van der Waals surface area contributed by atoms with Crippen LogP contribution in [0.1, 0.15) is 42.5 Å². The van der Waals surface area contributed by atoms with Crippen molar-refractivity contribution in [3.63, 3.8) is 0 Å². The van der Waals surface area contributed by atoms with Crippen molar-refractivity contribution in [1.29, 1.82) is 0 Å². The summed E-state index contributed by atoms with van der Waals surface area (Å²) in [6.45, 7) is 4.42. The smallest absolute Gasteiger partial charge is 0.251 e. The molecule has 36 heavy (non-hydrogen) atoms. The van der Waals surface area contributed by atoms with E-state index >= 15 is 0 Å². The maximum Gasteiger partial charge on any atom is 0.251 e. The lowest BCUT2D eigenvalue weighted by Crippen LogP contribution is -2.37. The first kappa shape index (κ1) is 24.9. The maximum absolute atomic E-state index is 13.4. The summed E-state index contributed by atoms with van der Waals surface area (Å²) >= 11 is 0. The molecular weight excluding hydrogens is 456 g/mol. The number of carbonyl (C=O) groups is 2. The number of carbonyl (C=O) groups excluding carboxylic acids is 2. The van der Waals surface area contributed by atoms with Gasteiger partial charge < -0.3 is 24.4 Å². The summed E-state index contributed by atoms with van der Waals surface area (Å²) in [6.07, 6.45) is 3.13. The SMILES string of the molecule is COc1ccc([C@H](C(=O)Nc2ccc(C(C)C)cc2)N(C)C(=O)/C=C/c2ccc3c(c2)OCO3)cc1. The molecule has 2 amide bonds. The van der Waals surface area contributed by atoms with Gasteiger partial charge in [0.2, 0.25) is 12.7 Å². The molecule has 0 spiro atoms. The van der Waals surface area contributed by atoms with E-state index in [4.69, 9.17) is 14.2 Å². The van der Waals surface area contributed by atoms with Crippen molar-refractivity contribution < 1.29 is 23.8 Å². The van der Waals surface area contributed by atoms with Gasteiger partial charge in [0.15, 0.2) is 11.5 Å². The molecule has 0 bridgehead atoms. The van der Waals surface area contributed by atoms with Crippen LogP contribution in [0.3, 0.4) is 0 Å². The fourth-order valence-electron chi connectivity index (χ4n) is 3.93. The summed E-state index contributed by atoms with van der Waals surface area (Å²) in [4.78, 5) is 28.0. The predicted octanol–water partition coefficient (Wildman–Crippen LogP) is 5.40. The molecule has 0 fully saturated rings. The molecule has 1 N–H and O–H groups in total. The Morgan fingerprint density at radius 2 is 1.61 bits per heavy atom. The van der Waals surface area contributed by atoms with Gasteiger partial charge in [0.25, 0.3) is 5.91 Å². The number of hydrogen-bond donors (Lipinski definition) is 1. The number of benzene rings is 3. The summed E-state index contributed by atoms with van der Waals surface area (Å²) in [5.41, 5.74) is 3.30. The third-order valence-electron chi connectivity index (χ3n) is 6.07. The quantitative estimate of drug-likeness (QED) is 0.432. The van der Waals surface area contributed by atoms with Gasteiger partial charge in [-0.05, 0) is 65.1 Å². The molecule has 0 radical (unpaired) electrons. The molecule has 0 saturated heterocycles. The minimum absolute atomic E-state index is 0.184. The van der Waals surface area contributed by atoms with E-state index in [9.17, 15) is 9.59 Å². The van der Waals surface area contributed by atoms with E-state index in [0.717, 1.165) is 5.56 Å². The highest BCUT2D eigenvalue weighted by Crippen LogP contribution is 2.33. The molecule has 7 nitrogen and oxygen atoms in total. The van der Waals surface area contributed by atoms with Crippen molar-refractivity contribution in [2.24, 2.45) is 0 Å². The number of nitrogens with one attached hydrogen (secondary N) is 1. The molecule has 186 valence electrons. The summed E-state index contributed by atoms with van der Waals surface area (Å²) in [6, 6.07) is 19.4. The number of likely N-dealkylation sites (N-methyl/N-ethyl adjacent to an activating group) is 1. The number of amides is 2. The Labute approximate surface area is 211 Å². The Balaban J connectivity index is 1.55. The zero-order valence-electron chi connectivity index (χ0n) is 20.9. The average Bonchev–Trinajstić information content (AvgIpc) is 3.36. The fourth-order valence-corrected chi connectivity index (χ4v) is 3.93. The van der Waals surface area contributed by atoms with E-state index < -0.39 is 6.04 Å². The van der Waals surface area contributed by atoms with E-state index in [0.29, 0.717) is 34.4 Å². The zero-order valence-corrected chi connectivity index (χ0v) is 20.9. The predicted molar refractivity (Wildman–Crippen MR) is 139 cm³/mol. The van der Waals surface area contributed by atoms with Crippen LogP contribution in [0.15, 0.2) is 72.8 Å². The van der Waals surface area contributed by atoms with Crippen LogP contribution >= 0.6 is 0 Å². The van der Waals surface area contributed by atoms with Gasteiger partial charge in [0.05, 0.1) is 7.11 Å². The summed E-state index contributed by atoms with van der Waals surface area (Å²) in [7, 11) is 3.19. The molecule has 1 heterocycles. The minimum atomic E-state index is -0.852. The minimum Gasteiger partial charge on any atom is -0.497 e. The number of anilines is 1. The Morgan fingerprint density at radius 1 is 0.944 bits per heavy atom. The lowest BCUT2D eigenvalue weighted by molar-refractivity contribution is -0.133. The van der Waals surface area contributed by atoms with Crippen LogP contribution in [0.4, 0.5) is 5.69 Å². The van der Waals surface area contributed by atoms with Gasteiger partial charge in [-0.25, -0.2) is 0 Å². The van der Waals surface area contributed by atoms with Gasteiger partial charge in [-0.1, -0.05) is 44.2 Å². The molecule has 4 rings (SSSR count). The van der Waals surface area contributed by atoms with Crippen LogP contribution in [-0.4, -0.2) is 37.7 Å². The maximum atomic E-state index is 13.4. The average molecular weight is 487 g/mol. The number of fused-ring (bicyclic) bond motifs is 1. The Hall–Kier alpha value is -4.26.